The minimum Gasteiger partial charge on any atom is -0.465 e. The van der Waals surface area contributed by atoms with Crippen LogP contribution in [0.3, 0.4) is 0 Å². The fourth-order valence-corrected chi connectivity index (χ4v) is 4.16. The fourth-order valence-electron chi connectivity index (χ4n) is 4.16. The van der Waals surface area contributed by atoms with Crippen LogP contribution in [0.5, 0.6) is 0 Å². The fraction of sp³-hybridized carbons (Fsp3) is 0.269. The monoisotopic (exact) mass is 474 g/mol. The minimum absolute atomic E-state index is 0.0877. The number of amides is 2. The SMILES string of the molecule is CNC(=O)Cn1cc(C(C)=O)nc1-c1ccc(C(=O)OC)cc1C(=O)N1CCc2ccccc2C1. The van der Waals surface area contributed by atoms with Gasteiger partial charge in [0.2, 0.25) is 5.91 Å². The zero-order valence-corrected chi connectivity index (χ0v) is 19.8. The van der Waals surface area contributed by atoms with Gasteiger partial charge in [0.05, 0.1) is 18.2 Å². The molecule has 0 unspecified atom stereocenters. The number of imidazole rings is 1. The number of ether oxygens (including phenoxy) is 1. The average molecular weight is 475 g/mol. The van der Waals surface area contributed by atoms with Crippen molar-refractivity contribution in [2.24, 2.45) is 0 Å². The highest BCUT2D eigenvalue weighted by Crippen LogP contribution is 2.29. The van der Waals surface area contributed by atoms with E-state index in [0.717, 1.165) is 5.56 Å². The van der Waals surface area contributed by atoms with Crippen LogP contribution in [0.25, 0.3) is 11.4 Å². The molecule has 180 valence electrons. The van der Waals surface area contributed by atoms with Crippen molar-refractivity contribution in [3.05, 3.63) is 76.6 Å². The van der Waals surface area contributed by atoms with Gasteiger partial charge in [-0.2, -0.15) is 0 Å². The van der Waals surface area contributed by atoms with Crippen LogP contribution in [0.1, 0.15) is 49.3 Å². The van der Waals surface area contributed by atoms with Crippen LogP contribution >= 0.6 is 0 Å². The van der Waals surface area contributed by atoms with Gasteiger partial charge < -0.3 is 19.5 Å². The molecule has 1 aliphatic rings. The van der Waals surface area contributed by atoms with Crippen molar-refractivity contribution < 1.29 is 23.9 Å². The first-order valence-electron chi connectivity index (χ1n) is 11.2. The molecule has 0 atom stereocenters. The molecule has 0 bridgehead atoms. The number of fused-ring (bicyclic) bond motifs is 1. The van der Waals surface area contributed by atoms with Gasteiger partial charge in [-0.1, -0.05) is 24.3 Å². The van der Waals surface area contributed by atoms with Gasteiger partial charge >= 0.3 is 5.97 Å². The molecular formula is C26H26N4O5. The predicted molar refractivity (Wildman–Crippen MR) is 128 cm³/mol. The third-order valence-electron chi connectivity index (χ3n) is 6.06. The molecule has 0 saturated carbocycles. The zero-order chi connectivity index (χ0) is 25.1. The number of ketones is 1. The molecule has 9 heteroatoms. The summed E-state index contributed by atoms with van der Waals surface area (Å²) in [5.41, 5.74) is 3.31. The summed E-state index contributed by atoms with van der Waals surface area (Å²) in [7, 11) is 2.79. The number of rotatable bonds is 6. The van der Waals surface area contributed by atoms with Crippen molar-refractivity contribution >= 4 is 23.6 Å². The summed E-state index contributed by atoms with van der Waals surface area (Å²) in [5.74, 6) is -1.12. The summed E-state index contributed by atoms with van der Waals surface area (Å²) in [4.78, 5) is 56.4. The van der Waals surface area contributed by atoms with Gasteiger partial charge in [0.15, 0.2) is 5.78 Å². The van der Waals surface area contributed by atoms with E-state index in [4.69, 9.17) is 4.74 Å². The maximum Gasteiger partial charge on any atom is 0.337 e. The number of esters is 1. The number of nitrogens with one attached hydrogen (secondary N) is 1. The third kappa shape index (κ3) is 4.84. The van der Waals surface area contributed by atoms with Gasteiger partial charge in [-0.15, -0.1) is 0 Å². The molecule has 35 heavy (non-hydrogen) atoms. The molecule has 2 heterocycles. The van der Waals surface area contributed by atoms with Gasteiger partial charge in [0, 0.05) is 38.8 Å². The summed E-state index contributed by atoms with van der Waals surface area (Å²) >= 11 is 0. The molecule has 9 nitrogen and oxygen atoms in total. The molecule has 3 aromatic rings. The second kappa shape index (κ2) is 9.92. The molecule has 0 aliphatic carbocycles. The van der Waals surface area contributed by atoms with Crippen molar-refractivity contribution in [3.8, 4) is 11.4 Å². The average Bonchev–Trinajstić information content (AvgIpc) is 3.30. The first-order valence-corrected chi connectivity index (χ1v) is 11.2. The van der Waals surface area contributed by atoms with Gasteiger partial charge in [-0.25, -0.2) is 9.78 Å². The highest BCUT2D eigenvalue weighted by Gasteiger charge is 2.27. The van der Waals surface area contributed by atoms with E-state index in [1.807, 2.05) is 18.2 Å². The van der Waals surface area contributed by atoms with Crippen molar-refractivity contribution in [1.82, 2.24) is 19.8 Å². The third-order valence-corrected chi connectivity index (χ3v) is 6.06. The Hall–Kier alpha value is -4.27. The summed E-state index contributed by atoms with van der Waals surface area (Å²) in [5, 5.41) is 2.55. The Morgan fingerprint density at radius 2 is 1.83 bits per heavy atom. The smallest absolute Gasteiger partial charge is 0.337 e. The number of likely N-dealkylation sites (N-methyl/N-ethyl adjacent to an activating group) is 1. The number of benzene rings is 2. The van der Waals surface area contributed by atoms with Crippen LogP contribution < -0.4 is 5.32 Å². The van der Waals surface area contributed by atoms with Gasteiger partial charge in [0.1, 0.15) is 18.1 Å². The highest BCUT2D eigenvalue weighted by molar-refractivity contribution is 6.03. The number of carbonyl (C=O) groups excluding carboxylic acids is 4. The topological polar surface area (TPSA) is 111 Å². The van der Waals surface area contributed by atoms with E-state index < -0.39 is 5.97 Å². The van der Waals surface area contributed by atoms with Crippen molar-refractivity contribution in [3.63, 3.8) is 0 Å². The number of Topliss-reactive ketones (excluding diaryl/α,β-unsaturated/α-hetero) is 1. The number of hydrogen-bond donors (Lipinski definition) is 1. The molecule has 4 rings (SSSR count). The van der Waals surface area contributed by atoms with E-state index in [9.17, 15) is 19.2 Å². The van der Waals surface area contributed by atoms with E-state index in [0.29, 0.717) is 25.1 Å². The molecule has 1 N–H and O–H groups in total. The van der Waals surface area contributed by atoms with Crippen LogP contribution in [0, 0.1) is 0 Å². The number of nitrogens with zero attached hydrogens (tertiary/aromatic N) is 3. The second-order valence-corrected chi connectivity index (χ2v) is 8.30. The maximum absolute atomic E-state index is 13.8. The number of aromatic nitrogens is 2. The molecule has 0 radical (unpaired) electrons. The van der Waals surface area contributed by atoms with Crippen LogP contribution in [0.2, 0.25) is 0 Å². The van der Waals surface area contributed by atoms with Crippen LogP contribution in [0.15, 0.2) is 48.7 Å². The molecule has 0 saturated heterocycles. The van der Waals surface area contributed by atoms with E-state index in [1.54, 1.807) is 11.0 Å². The number of methoxy groups -OCH3 is 1. The predicted octanol–water partition coefficient (Wildman–Crippen LogP) is 2.48. The van der Waals surface area contributed by atoms with Crippen LogP contribution in [-0.4, -0.2) is 58.7 Å². The first-order chi connectivity index (χ1) is 16.8. The lowest BCUT2D eigenvalue weighted by molar-refractivity contribution is -0.121. The van der Waals surface area contributed by atoms with Crippen LogP contribution in [-0.2, 0) is 29.0 Å². The molecule has 0 spiro atoms. The Bertz CT molecular complexity index is 1330. The quantitative estimate of drug-likeness (QED) is 0.434. The molecule has 0 fully saturated rings. The summed E-state index contributed by atoms with van der Waals surface area (Å²) < 4.78 is 6.39. The molecule has 2 aromatic carbocycles. The lowest BCUT2D eigenvalue weighted by Crippen LogP contribution is -2.36. The maximum atomic E-state index is 13.8. The second-order valence-electron chi connectivity index (χ2n) is 8.30. The van der Waals surface area contributed by atoms with Gasteiger partial charge in [-0.3, -0.25) is 14.4 Å². The summed E-state index contributed by atoms with van der Waals surface area (Å²) in [6.07, 6.45) is 2.21. The molecule has 1 aliphatic heterocycles. The molecule has 1 aromatic heterocycles. The van der Waals surface area contributed by atoms with Gasteiger partial charge in [-0.05, 0) is 35.7 Å². The highest BCUT2D eigenvalue weighted by atomic mass is 16.5. The van der Waals surface area contributed by atoms with E-state index in [2.05, 4.69) is 16.4 Å². The van der Waals surface area contributed by atoms with Gasteiger partial charge in [0.25, 0.3) is 5.91 Å². The Labute approximate surface area is 202 Å². The summed E-state index contributed by atoms with van der Waals surface area (Å²) in [6, 6.07) is 12.6. The zero-order valence-electron chi connectivity index (χ0n) is 19.8. The van der Waals surface area contributed by atoms with Crippen LogP contribution in [0.4, 0.5) is 0 Å². The van der Waals surface area contributed by atoms with E-state index in [1.165, 1.54) is 49.5 Å². The Balaban J connectivity index is 1.82. The Morgan fingerprint density at radius 1 is 1.09 bits per heavy atom. The minimum atomic E-state index is -0.576. The lowest BCUT2D eigenvalue weighted by atomic mass is 9.97. The molecular weight excluding hydrogens is 448 g/mol. The van der Waals surface area contributed by atoms with E-state index >= 15 is 0 Å². The summed E-state index contributed by atoms with van der Waals surface area (Å²) in [6.45, 7) is 2.24. The lowest BCUT2D eigenvalue weighted by Gasteiger charge is -2.29. The van der Waals surface area contributed by atoms with Crippen molar-refractivity contribution in [2.75, 3.05) is 20.7 Å². The Kier molecular flexibility index (Phi) is 6.77. The Morgan fingerprint density at radius 3 is 2.51 bits per heavy atom. The normalized spacial score (nSPS) is 12.6. The first kappa shape index (κ1) is 23.9. The largest absolute Gasteiger partial charge is 0.465 e. The van der Waals surface area contributed by atoms with Crippen molar-refractivity contribution in [1.29, 1.82) is 0 Å². The van der Waals surface area contributed by atoms with Crippen molar-refractivity contribution in [2.45, 2.75) is 26.4 Å². The molecule has 2 amide bonds. The van der Waals surface area contributed by atoms with E-state index in [-0.39, 0.29) is 46.8 Å². The number of hydrogen-bond acceptors (Lipinski definition) is 6. The standard InChI is InChI=1S/C26H26N4O5/c1-16(31)22-14-30(15-23(32)27-2)24(28-22)20-9-8-18(26(34)35-3)12-21(20)25(33)29-11-10-17-6-4-5-7-19(17)13-29/h4-9,12,14H,10-11,13,15H2,1-3H3,(H,27,32). The number of carbonyl (C=O) groups is 4.